The predicted octanol–water partition coefficient (Wildman–Crippen LogP) is 5.59. The van der Waals surface area contributed by atoms with Crippen LogP contribution in [0.3, 0.4) is 0 Å². The second kappa shape index (κ2) is 6.55. The van der Waals surface area contributed by atoms with Crippen molar-refractivity contribution in [3.8, 4) is 11.1 Å². The van der Waals surface area contributed by atoms with E-state index in [1.165, 1.54) is 23.5 Å². The average Bonchev–Trinajstić information content (AvgIpc) is 3.25. The molecule has 0 aliphatic rings. The van der Waals surface area contributed by atoms with Gasteiger partial charge in [-0.15, -0.1) is 22.7 Å². The molecule has 0 aliphatic carbocycles. The Balaban J connectivity index is 1.82. The van der Waals surface area contributed by atoms with Crippen LogP contribution in [0.25, 0.3) is 32.5 Å². The first-order valence-electron chi connectivity index (χ1n) is 7.30. The SMILES string of the molecule is O=c1[nH]c(/C(Cl)=C/c2cccs2)nc2scc(-c3ccc(F)cc3)c12. The fourth-order valence-corrected chi connectivity index (χ4v) is 4.35. The molecule has 0 aliphatic heterocycles. The maximum Gasteiger partial charge on any atom is 0.260 e. The Labute approximate surface area is 155 Å². The Hall–Kier alpha value is -2.28. The molecule has 4 aromatic rings. The lowest BCUT2D eigenvalue weighted by molar-refractivity contribution is 0.628. The number of thiophene rings is 2. The highest BCUT2D eigenvalue weighted by Gasteiger charge is 2.14. The summed E-state index contributed by atoms with van der Waals surface area (Å²) in [4.78, 5) is 21.4. The number of aromatic nitrogens is 2. The molecule has 0 saturated heterocycles. The standard InChI is InChI=1S/C18H10ClFN2OS2/c19-14(8-12-2-1-7-24-12)16-21-17(23)15-13(9-25-18(15)22-16)10-3-5-11(20)6-4-10/h1-9H,(H,21,22,23)/b14-8-. The third kappa shape index (κ3) is 3.16. The minimum atomic E-state index is -0.317. The van der Waals surface area contributed by atoms with Crippen LogP contribution in [0.4, 0.5) is 4.39 Å². The van der Waals surface area contributed by atoms with Crippen molar-refractivity contribution in [1.82, 2.24) is 9.97 Å². The molecule has 1 aromatic carbocycles. The van der Waals surface area contributed by atoms with Gasteiger partial charge in [-0.3, -0.25) is 4.79 Å². The van der Waals surface area contributed by atoms with Gasteiger partial charge in [0.05, 0.1) is 10.4 Å². The molecule has 1 N–H and O–H groups in total. The summed E-state index contributed by atoms with van der Waals surface area (Å²) in [5, 5.41) is 4.66. The molecule has 7 heteroatoms. The number of nitrogens with one attached hydrogen (secondary N) is 1. The zero-order valence-electron chi connectivity index (χ0n) is 12.6. The van der Waals surface area contributed by atoms with E-state index in [1.807, 2.05) is 22.9 Å². The monoisotopic (exact) mass is 388 g/mol. The molecule has 0 unspecified atom stereocenters. The van der Waals surface area contributed by atoms with Gasteiger partial charge in [-0.25, -0.2) is 9.37 Å². The number of fused-ring (bicyclic) bond motifs is 1. The Morgan fingerprint density at radius 2 is 2.00 bits per heavy atom. The van der Waals surface area contributed by atoms with Crippen molar-refractivity contribution in [2.75, 3.05) is 0 Å². The average molecular weight is 389 g/mol. The van der Waals surface area contributed by atoms with E-state index in [4.69, 9.17) is 11.6 Å². The zero-order chi connectivity index (χ0) is 17.4. The molecule has 0 saturated carbocycles. The quantitative estimate of drug-likeness (QED) is 0.497. The molecule has 0 spiro atoms. The van der Waals surface area contributed by atoms with Crippen LogP contribution >= 0.6 is 34.3 Å². The summed E-state index contributed by atoms with van der Waals surface area (Å²) in [6.07, 6.45) is 1.77. The first-order valence-corrected chi connectivity index (χ1v) is 9.44. The summed E-state index contributed by atoms with van der Waals surface area (Å²) in [6.45, 7) is 0. The van der Waals surface area contributed by atoms with Gasteiger partial charge in [0.15, 0.2) is 5.82 Å². The maximum absolute atomic E-state index is 13.1. The first-order chi connectivity index (χ1) is 12.1. The molecule has 3 heterocycles. The molecule has 0 atom stereocenters. The second-order valence-corrected chi connectivity index (χ2v) is 7.50. The lowest BCUT2D eigenvalue weighted by atomic mass is 10.1. The molecule has 3 nitrogen and oxygen atoms in total. The summed E-state index contributed by atoms with van der Waals surface area (Å²) in [5.41, 5.74) is 1.24. The number of hydrogen-bond donors (Lipinski definition) is 1. The molecule has 4 rings (SSSR count). The molecule has 25 heavy (non-hydrogen) atoms. The van der Waals surface area contributed by atoms with E-state index in [9.17, 15) is 9.18 Å². The highest BCUT2D eigenvalue weighted by molar-refractivity contribution is 7.17. The van der Waals surface area contributed by atoms with E-state index >= 15 is 0 Å². The molecule has 124 valence electrons. The third-order valence-corrected chi connectivity index (χ3v) is 5.62. The Morgan fingerprint density at radius 1 is 1.20 bits per heavy atom. The number of aromatic amines is 1. The van der Waals surface area contributed by atoms with Crippen molar-refractivity contribution >= 4 is 55.6 Å². The van der Waals surface area contributed by atoms with Gasteiger partial charge in [-0.2, -0.15) is 0 Å². The van der Waals surface area contributed by atoms with E-state index in [0.717, 1.165) is 16.0 Å². The predicted molar refractivity (Wildman–Crippen MR) is 104 cm³/mol. The Bertz CT molecular complexity index is 1130. The van der Waals surface area contributed by atoms with Crippen LogP contribution in [-0.4, -0.2) is 9.97 Å². The number of benzene rings is 1. The van der Waals surface area contributed by atoms with Crippen molar-refractivity contribution in [1.29, 1.82) is 0 Å². The molecule has 0 fully saturated rings. The van der Waals surface area contributed by atoms with Crippen molar-refractivity contribution < 1.29 is 4.39 Å². The minimum absolute atomic E-state index is 0.265. The van der Waals surface area contributed by atoms with Gasteiger partial charge in [0.1, 0.15) is 10.6 Å². The Morgan fingerprint density at radius 3 is 2.72 bits per heavy atom. The topological polar surface area (TPSA) is 45.8 Å². The van der Waals surface area contributed by atoms with Crippen LogP contribution in [0, 0.1) is 5.82 Å². The molecule has 0 bridgehead atoms. The highest BCUT2D eigenvalue weighted by atomic mass is 35.5. The van der Waals surface area contributed by atoms with Crippen LogP contribution in [0.15, 0.2) is 52.0 Å². The number of nitrogens with zero attached hydrogens (tertiary/aromatic N) is 1. The lowest BCUT2D eigenvalue weighted by Gasteiger charge is -2.01. The van der Waals surface area contributed by atoms with E-state index in [2.05, 4.69) is 9.97 Å². The van der Waals surface area contributed by atoms with Crippen LogP contribution in [0.5, 0.6) is 0 Å². The number of hydrogen-bond acceptors (Lipinski definition) is 4. The summed E-state index contributed by atoms with van der Waals surface area (Å²) < 4.78 is 13.1. The van der Waals surface area contributed by atoms with Crippen LogP contribution in [0.2, 0.25) is 0 Å². The molecule has 0 amide bonds. The van der Waals surface area contributed by atoms with Crippen molar-refractivity contribution in [3.63, 3.8) is 0 Å². The molecule has 3 aromatic heterocycles. The van der Waals surface area contributed by atoms with Crippen molar-refractivity contribution in [3.05, 3.63) is 74.0 Å². The van der Waals surface area contributed by atoms with Crippen LogP contribution in [-0.2, 0) is 0 Å². The first kappa shape index (κ1) is 16.2. The zero-order valence-corrected chi connectivity index (χ0v) is 15.0. The van der Waals surface area contributed by atoms with Crippen LogP contribution < -0.4 is 5.56 Å². The fraction of sp³-hybridized carbons (Fsp3) is 0. The normalized spacial score (nSPS) is 12.0. The van der Waals surface area contributed by atoms with Crippen molar-refractivity contribution in [2.45, 2.75) is 0 Å². The van der Waals surface area contributed by atoms with Gasteiger partial charge >= 0.3 is 0 Å². The van der Waals surface area contributed by atoms with Crippen LogP contribution in [0.1, 0.15) is 10.7 Å². The summed E-state index contributed by atoms with van der Waals surface area (Å²) in [6, 6.07) is 9.89. The number of halogens is 2. The van der Waals surface area contributed by atoms with Gasteiger partial charge < -0.3 is 4.98 Å². The van der Waals surface area contributed by atoms with Gasteiger partial charge in [-0.05, 0) is 35.2 Å². The van der Waals surface area contributed by atoms with Gasteiger partial charge in [0.2, 0.25) is 0 Å². The summed E-state index contributed by atoms with van der Waals surface area (Å²) in [7, 11) is 0. The number of rotatable bonds is 3. The molecular weight excluding hydrogens is 379 g/mol. The van der Waals surface area contributed by atoms with E-state index in [-0.39, 0.29) is 11.4 Å². The van der Waals surface area contributed by atoms with E-state index in [1.54, 1.807) is 29.5 Å². The molecular formula is C18H10ClFN2OS2. The van der Waals surface area contributed by atoms with E-state index in [0.29, 0.717) is 21.1 Å². The maximum atomic E-state index is 13.1. The summed E-state index contributed by atoms with van der Waals surface area (Å²) in [5.74, 6) is 0.0168. The summed E-state index contributed by atoms with van der Waals surface area (Å²) >= 11 is 9.22. The largest absolute Gasteiger partial charge is 0.305 e. The second-order valence-electron chi connectivity index (χ2n) is 5.26. The molecule has 0 radical (unpaired) electrons. The lowest BCUT2D eigenvalue weighted by Crippen LogP contribution is -2.10. The van der Waals surface area contributed by atoms with Crippen molar-refractivity contribution in [2.24, 2.45) is 0 Å². The van der Waals surface area contributed by atoms with Gasteiger partial charge in [-0.1, -0.05) is 29.8 Å². The smallest absolute Gasteiger partial charge is 0.260 e. The fourth-order valence-electron chi connectivity index (χ4n) is 2.47. The third-order valence-electron chi connectivity index (χ3n) is 3.64. The van der Waals surface area contributed by atoms with E-state index < -0.39 is 0 Å². The van der Waals surface area contributed by atoms with Gasteiger partial charge in [0, 0.05) is 15.8 Å². The van der Waals surface area contributed by atoms with Gasteiger partial charge in [0.25, 0.3) is 5.56 Å². The highest BCUT2D eigenvalue weighted by Crippen LogP contribution is 2.32. The minimum Gasteiger partial charge on any atom is -0.305 e. The number of H-pyrrole nitrogens is 1. The Kier molecular flexibility index (Phi) is 4.25.